The molecule has 0 spiro atoms. The van der Waals surface area contributed by atoms with Crippen LogP contribution in [0, 0.1) is 0 Å². The Balaban J connectivity index is 2.06. The van der Waals surface area contributed by atoms with Crippen molar-refractivity contribution < 1.29 is 9.59 Å². The second-order valence-electron chi connectivity index (χ2n) is 3.81. The Morgan fingerprint density at radius 1 is 1.05 bits per heavy atom. The molecule has 1 aromatic heterocycles. The molecule has 0 aliphatic carbocycles. The number of hydrogen-bond donors (Lipinski definition) is 3. The van der Waals surface area contributed by atoms with E-state index in [1.54, 1.807) is 54.9 Å². The molecule has 2 rings (SSSR count). The molecule has 0 aliphatic rings. The third-order valence-electron chi connectivity index (χ3n) is 2.39. The second kappa shape index (κ2) is 6.19. The van der Waals surface area contributed by atoms with Crippen LogP contribution in [0.25, 0.3) is 0 Å². The number of carbonyl (C=O) groups is 2. The van der Waals surface area contributed by atoms with Gasteiger partial charge in [0.15, 0.2) is 0 Å². The predicted octanol–water partition coefficient (Wildman–Crippen LogP) is 1.70. The molecule has 20 heavy (non-hydrogen) atoms. The van der Waals surface area contributed by atoms with Gasteiger partial charge in [-0.1, -0.05) is 18.2 Å². The highest BCUT2D eigenvalue weighted by atomic mass is 16.2. The molecule has 4 N–H and O–H groups in total. The Bertz CT molecular complexity index is 588. The number of urea groups is 2. The first-order valence-corrected chi connectivity index (χ1v) is 5.79. The van der Waals surface area contributed by atoms with Gasteiger partial charge in [0.2, 0.25) is 0 Å². The number of rotatable bonds is 2. The number of primary amides is 1. The molecule has 0 saturated carbocycles. The van der Waals surface area contributed by atoms with E-state index < -0.39 is 12.1 Å². The van der Waals surface area contributed by atoms with Crippen LogP contribution in [0.5, 0.6) is 0 Å². The molecular weight excluding hydrogens is 258 g/mol. The molecule has 0 aliphatic heterocycles. The zero-order valence-electron chi connectivity index (χ0n) is 10.5. The van der Waals surface area contributed by atoms with Crippen LogP contribution < -0.4 is 21.5 Å². The summed E-state index contributed by atoms with van der Waals surface area (Å²) in [6, 6.07) is 10.4. The summed E-state index contributed by atoms with van der Waals surface area (Å²) in [5.41, 5.74) is 8.63. The van der Waals surface area contributed by atoms with Gasteiger partial charge in [0, 0.05) is 18.1 Å². The molecular formula is C13H13N5O2. The summed E-state index contributed by atoms with van der Waals surface area (Å²) in [6.45, 7) is 0. The molecule has 1 heterocycles. The number of hydrazine groups is 1. The van der Waals surface area contributed by atoms with Crippen molar-refractivity contribution in [2.45, 2.75) is 0 Å². The molecule has 2 aromatic rings. The van der Waals surface area contributed by atoms with E-state index in [2.05, 4.69) is 15.7 Å². The van der Waals surface area contributed by atoms with Crippen LogP contribution in [0.3, 0.4) is 0 Å². The molecule has 0 fully saturated rings. The van der Waals surface area contributed by atoms with Crippen molar-refractivity contribution in [3.63, 3.8) is 0 Å². The van der Waals surface area contributed by atoms with Crippen molar-refractivity contribution in [3.8, 4) is 0 Å². The maximum Gasteiger partial charge on any atom is 0.338 e. The van der Waals surface area contributed by atoms with E-state index in [1.165, 1.54) is 0 Å². The summed E-state index contributed by atoms with van der Waals surface area (Å²) in [6.07, 6.45) is 3.08. The van der Waals surface area contributed by atoms with E-state index in [1.807, 2.05) is 0 Å². The van der Waals surface area contributed by atoms with E-state index in [9.17, 15) is 9.59 Å². The van der Waals surface area contributed by atoms with Crippen LogP contribution in [-0.4, -0.2) is 17.0 Å². The quantitative estimate of drug-likeness (QED) is 0.725. The normalized spacial score (nSPS) is 9.60. The van der Waals surface area contributed by atoms with E-state index in [-0.39, 0.29) is 0 Å². The molecule has 1 aromatic carbocycles. The fourth-order valence-electron chi connectivity index (χ4n) is 1.52. The Morgan fingerprint density at radius 2 is 1.70 bits per heavy atom. The van der Waals surface area contributed by atoms with Gasteiger partial charge in [-0.2, -0.15) is 0 Å². The SMILES string of the molecule is NC(=O)N(NC(=O)Nc1ccncc1)c1ccccc1. The summed E-state index contributed by atoms with van der Waals surface area (Å²) in [7, 11) is 0. The molecule has 7 heteroatoms. The first-order valence-electron chi connectivity index (χ1n) is 5.79. The van der Waals surface area contributed by atoms with Crippen molar-refractivity contribution in [2.75, 3.05) is 10.3 Å². The lowest BCUT2D eigenvalue weighted by Gasteiger charge is -2.21. The summed E-state index contributed by atoms with van der Waals surface area (Å²) in [4.78, 5) is 27.0. The average Bonchev–Trinajstić information content (AvgIpc) is 2.46. The molecule has 102 valence electrons. The minimum Gasteiger partial charge on any atom is -0.350 e. The zero-order valence-corrected chi connectivity index (χ0v) is 10.5. The number of carbonyl (C=O) groups excluding carboxylic acids is 2. The predicted molar refractivity (Wildman–Crippen MR) is 74.9 cm³/mol. The van der Waals surface area contributed by atoms with Crippen LogP contribution in [0.1, 0.15) is 0 Å². The van der Waals surface area contributed by atoms with Crippen LogP contribution >= 0.6 is 0 Å². The number of para-hydroxylation sites is 1. The Kier molecular flexibility index (Phi) is 4.13. The molecule has 0 radical (unpaired) electrons. The van der Waals surface area contributed by atoms with E-state index in [4.69, 9.17) is 5.73 Å². The lowest BCUT2D eigenvalue weighted by Crippen LogP contribution is -2.50. The summed E-state index contributed by atoms with van der Waals surface area (Å²) in [5, 5.41) is 3.51. The van der Waals surface area contributed by atoms with Crippen LogP contribution in [-0.2, 0) is 0 Å². The fraction of sp³-hybridized carbons (Fsp3) is 0. The number of pyridine rings is 1. The number of amides is 4. The molecule has 7 nitrogen and oxygen atoms in total. The van der Waals surface area contributed by atoms with Gasteiger partial charge in [-0.25, -0.2) is 20.0 Å². The Morgan fingerprint density at radius 3 is 2.30 bits per heavy atom. The number of nitrogens with one attached hydrogen (secondary N) is 2. The maximum atomic E-state index is 11.8. The molecule has 0 saturated heterocycles. The summed E-state index contributed by atoms with van der Waals surface area (Å²) in [5.74, 6) is 0. The van der Waals surface area contributed by atoms with E-state index in [0.717, 1.165) is 5.01 Å². The third kappa shape index (κ3) is 3.45. The van der Waals surface area contributed by atoms with Crippen LogP contribution in [0.2, 0.25) is 0 Å². The van der Waals surface area contributed by atoms with Crippen molar-refractivity contribution in [3.05, 3.63) is 54.9 Å². The first-order chi connectivity index (χ1) is 9.66. The number of hydrogen-bond acceptors (Lipinski definition) is 3. The van der Waals surface area contributed by atoms with Crippen molar-refractivity contribution in [1.82, 2.24) is 10.4 Å². The highest BCUT2D eigenvalue weighted by Crippen LogP contribution is 2.11. The average molecular weight is 271 g/mol. The first kappa shape index (κ1) is 13.3. The Hall–Kier alpha value is -3.09. The molecule has 0 bridgehead atoms. The van der Waals surface area contributed by atoms with Gasteiger partial charge in [-0.05, 0) is 24.3 Å². The van der Waals surface area contributed by atoms with Crippen molar-refractivity contribution in [1.29, 1.82) is 0 Å². The number of nitrogens with two attached hydrogens (primary N) is 1. The largest absolute Gasteiger partial charge is 0.350 e. The van der Waals surface area contributed by atoms with Gasteiger partial charge < -0.3 is 11.1 Å². The van der Waals surface area contributed by atoms with Gasteiger partial charge in [-0.3, -0.25) is 4.98 Å². The number of anilines is 2. The van der Waals surface area contributed by atoms with Crippen LogP contribution in [0.4, 0.5) is 21.0 Å². The minimum absolute atomic E-state index is 0.463. The van der Waals surface area contributed by atoms with E-state index >= 15 is 0 Å². The smallest absolute Gasteiger partial charge is 0.338 e. The second-order valence-corrected chi connectivity index (χ2v) is 3.81. The standard InChI is InChI=1S/C13H13N5O2/c14-12(19)18(11-4-2-1-3-5-11)17-13(20)16-10-6-8-15-9-7-10/h1-9H,(H2,14,19)(H2,15,16,17,20). The van der Waals surface area contributed by atoms with Gasteiger partial charge in [0.05, 0.1) is 5.69 Å². The third-order valence-corrected chi connectivity index (χ3v) is 2.39. The van der Waals surface area contributed by atoms with Gasteiger partial charge in [-0.15, -0.1) is 0 Å². The van der Waals surface area contributed by atoms with Crippen LogP contribution in [0.15, 0.2) is 54.9 Å². The number of benzene rings is 1. The summed E-state index contributed by atoms with van der Waals surface area (Å²) < 4.78 is 0. The topological polar surface area (TPSA) is 100 Å². The fourth-order valence-corrected chi connectivity index (χ4v) is 1.52. The monoisotopic (exact) mass is 271 g/mol. The van der Waals surface area contributed by atoms with Gasteiger partial charge >= 0.3 is 12.1 Å². The Labute approximate surface area is 115 Å². The molecule has 0 unspecified atom stereocenters. The number of nitrogens with zero attached hydrogens (tertiary/aromatic N) is 2. The lowest BCUT2D eigenvalue weighted by molar-refractivity contribution is 0.242. The van der Waals surface area contributed by atoms with E-state index in [0.29, 0.717) is 11.4 Å². The highest BCUT2D eigenvalue weighted by molar-refractivity contribution is 5.97. The minimum atomic E-state index is -0.791. The van der Waals surface area contributed by atoms with Gasteiger partial charge in [0.25, 0.3) is 0 Å². The van der Waals surface area contributed by atoms with Gasteiger partial charge in [0.1, 0.15) is 0 Å². The maximum absolute atomic E-state index is 11.8. The highest BCUT2D eigenvalue weighted by Gasteiger charge is 2.15. The van der Waals surface area contributed by atoms with Crippen molar-refractivity contribution >= 4 is 23.4 Å². The summed E-state index contributed by atoms with van der Waals surface area (Å²) >= 11 is 0. The molecule has 0 atom stereocenters. The number of aromatic nitrogens is 1. The zero-order chi connectivity index (χ0) is 14.4. The molecule has 4 amide bonds. The lowest BCUT2D eigenvalue weighted by atomic mass is 10.3. The van der Waals surface area contributed by atoms with Crippen molar-refractivity contribution in [2.24, 2.45) is 5.73 Å².